The highest BCUT2D eigenvalue weighted by atomic mass is 28.4. The van der Waals surface area contributed by atoms with Crippen LogP contribution in [0.15, 0.2) is 18.9 Å². The van der Waals surface area contributed by atoms with Gasteiger partial charge in [-0.3, -0.25) is 4.79 Å². The third kappa shape index (κ3) is 5.48. The van der Waals surface area contributed by atoms with Gasteiger partial charge in [-0.15, -0.1) is 0 Å². The molecule has 162 valence electrons. The number of nitrogens with two attached hydrogens (primary N) is 1. The molecule has 29 heavy (non-hydrogen) atoms. The van der Waals surface area contributed by atoms with Gasteiger partial charge in [-0.2, -0.15) is 0 Å². The minimum absolute atomic E-state index is 0.0588. The molecule has 9 heteroatoms. The number of amides is 2. The number of ether oxygens (including phenoxy) is 1. The Hall–Kier alpha value is -2.13. The molecule has 0 spiro atoms. The molecule has 2 amide bonds. The number of hydrogen-bond acceptors (Lipinski definition) is 5. The molecule has 0 saturated carbocycles. The van der Waals surface area contributed by atoms with Crippen LogP contribution in [0.3, 0.4) is 0 Å². The van der Waals surface area contributed by atoms with Crippen molar-refractivity contribution in [1.82, 2.24) is 14.5 Å². The largest absolute Gasteiger partial charge is 0.445 e. The second-order valence-corrected chi connectivity index (χ2v) is 13.9. The minimum Gasteiger partial charge on any atom is -0.445 e. The topological polar surface area (TPSA) is 99.7 Å². The van der Waals surface area contributed by atoms with Crippen molar-refractivity contribution in [3.8, 4) is 0 Å². The summed E-state index contributed by atoms with van der Waals surface area (Å²) < 4.78 is 13.4. The summed E-state index contributed by atoms with van der Waals surface area (Å²) >= 11 is 0. The van der Waals surface area contributed by atoms with Gasteiger partial charge in [0, 0.05) is 32.3 Å². The van der Waals surface area contributed by atoms with Gasteiger partial charge in [-0.05, 0) is 24.6 Å². The number of nitrogens with zero attached hydrogens (tertiary/aromatic N) is 3. The molecule has 2 heterocycles. The zero-order valence-electron chi connectivity index (χ0n) is 18.4. The Morgan fingerprint density at radius 2 is 2.07 bits per heavy atom. The Kier molecular flexibility index (Phi) is 6.95. The number of carbonyl (C=O) groups is 2. The first-order valence-corrected chi connectivity index (χ1v) is 12.8. The Balaban J connectivity index is 2.19. The second kappa shape index (κ2) is 8.70. The van der Waals surface area contributed by atoms with Gasteiger partial charge in [-0.1, -0.05) is 33.4 Å². The van der Waals surface area contributed by atoms with E-state index in [9.17, 15) is 9.59 Å². The van der Waals surface area contributed by atoms with Crippen molar-refractivity contribution in [2.24, 2.45) is 12.8 Å². The predicted molar refractivity (Wildman–Crippen MR) is 114 cm³/mol. The highest BCUT2D eigenvalue weighted by molar-refractivity contribution is 6.74. The Bertz CT molecular complexity index is 769. The van der Waals surface area contributed by atoms with Gasteiger partial charge in [0.15, 0.2) is 14.1 Å². The van der Waals surface area contributed by atoms with Crippen molar-refractivity contribution in [2.45, 2.75) is 63.9 Å². The maximum Gasteiger partial charge on any atom is 0.410 e. The molecule has 2 atom stereocenters. The zero-order valence-corrected chi connectivity index (χ0v) is 19.4. The van der Waals surface area contributed by atoms with Crippen LogP contribution in [0.25, 0.3) is 0 Å². The first kappa shape index (κ1) is 23.1. The predicted octanol–water partition coefficient (Wildman–Crippen LogP) is 2.85. The van der Waals surface area contributed by atoms with E-state index >= 15 is 0 Å². The number of aromatic nitrogens is 2. The van der Waals surface area contributed by atoms with Crippen molar-refractivity contribution in [1.29, 1.82) is 0 Å². The molecule has 0 aliphatic carbocycles. The molecule has 1 aliphatic rings. The average molecular weight is 423 g/mol. The van der Waals surface area contributed by atoms with E-state index in [1.807, 2.05) is 0 Å². The molecule has 8 nitrogen and oxygen atoms in total. The molecule has 1 aliphatic heterocycles. The number of likely N-dealkylation sites (tertiary alicyclic amines) is 1. The van der Waals surface area contributed by atoms with Crippen LogP contribution in [0.4, 0.5) is 4.79 Å². The first-order valence-electron chi connectivity index (χ1n) is 9.90. The molecule has 2 rings (SSSR count). The van der Waals surface area contributed by atoms with Crippen LogP contribution < -0.4 is 5.73 Å². The molecule has 1 aromatic rings. The average Bonchev–Trinajstić information content (AvgIpc) is 3.14. The van der Waals surface area contributed by atoms with Crippen molar-refractivity contribution >= 4 is 20.3 Å². The van der Waals surface area contributed by atoms with Gasteiger partial charge in [-0.25, -0.2) is 9.78 Å². The SMILES string of the molecule is C=CCOC(=O)N1C[C@H](O[Si](C)(C)C(C)(C)C)C[C@H]1Cc1cn(C)c(C(N)=O)n1. The van der Waals surface area contributed by atoms with E-state index in [2.05, 4.69) is 45.4 Å². The Morgan fingerprint density at radius 1 is 1.41 bits per heavy atom. The van der Waals surface area contributed by atoms with Gasteiger partial charge >= 0.3 is 6.09 Å². The fourth-order valence-corrected chi connectivity index (χ4v) is 4.64. The normalized spacial score (nSPS) is 20.0. The third-order valence-corrected chi connectivity index (χ3v) is 10.3. The van der Waals surface area contributed by atoms with E-state index in [1.54, 1.807) is 28.8 Å². The summed E-state index contributed by atoms with van der Waals surface area (Å²) in [6, 6.07) is -0.127. The van der Waals surface area contributed by atoms with Gasteiger partial charge < -0.3 is 24.4 Å². The van der Waals surface area contributed by atoms with Crippen LogP contribution >= 0.6 is 0 Å². The highest BCUT2D eigenvalue weighted by Crippen LogP contribution is 2.39. The van der Waals surface area contributed by atoms with E-state index in [0.29, 0.717) is 25.1 Å². The van der Waals surface area contributed by atoms with Gasteiger partial charge in [0.2, 0.25) is 0 Å². The summed E-state index contributed by atoms with van der Waals surface area (Å²) in [6.07, 6.45) is 4.07. The summed E-state index contributed by atoms with van der Waals surface area (Å²) in [4.78, 5) is 30.1. The molecular weight excluding hydrogens is 388 g/mol. The maximum atomic E-state index is 12.6. The van der Waals surface area contributed by atoms with Crippen molar-refractivity contribution in [3.05, 3.63) is 30.4 Å². The van der Waals surface area contributed by atoms with Gasteiger partial charge in [0.05, 0.1) is 11.8 Å². The second-order valence-electron chi connectivity index (χ2n) is 9.14. The molecule has 0 radical (unpaired) electrons. The number of hydrogen-bond donors (Lipinski definition) is 1. The molecule has 0 unspecified atom stereocenters. The summed E-state index contributed by atoms with van der Waals surface area (Å²) in [5.41, 5.74) is 6.08. The molecule has 1 aromatic heterocycles. The molecule has 1 saturated heterocycles. The van der Waals surface area contributed by atoms with Crippen LogP contribution in [0.1, 0.15) is 43.5 Å². The lowest BCUT2D eigenvalue weighted by Crippen LogP contribution is -2.44. The molecular formula is C20H34N4O4Si. The first-order chi connectivity index (χ1) is 13.4. The van der Waals surface area contributed by atoms with Crippen LogP contribution in [0.5, 0.6) is 0 Å². The summed E-state index contributed by atoms with van der Waals surface area (Å²) in [6.45, 7) is 15.2. The van der Waals surface area contributed by atoms with Gasteiger partial charge in [0.1, 0.15) is 6.61 Å². The molecule has 2 N–H and O–H groups in total. The fraction of sp³-hybridized carbons (Fsp3) is 0.650. The monoisotopic (exact) mass is 422 g/mol. The lowest BCUT2D eigenvalue weighted by molar-refractivity contribution is 0.0984. The van der Waals surface area contributed by atoms with E-state index in [4.69, 9.17) is 14.9 Å². The number of carbonyl (C=O) groups excluding carboxylic acids is 2. The van der Waals surface area contributed by atoms with Crippen LogP contribution in [-0.2, 0) is 22.6 Å². The van der Waals surface area contributed by atoms with E-state index in [-0.39, 0.29) is 35.7 Å². The standard InChI is InChI=1S/C20H34N4O4Si/c1-8-9-27-19(26)24-13-16(28-29(6,7)20(2,3)4)11-15(24)10-14-12-23(5)18(22-14)17(21)25/h8,12,15-16H,1,9-11,13H2,2-7H3,(H2,21,25)/t15-,16-/m1/s1. The highest BCUT2D eigenvalue weighted by Gasteiger charge is 2.44. The lowest BCUT2D eigenvalue weighted by Gasteiger charge is -2.38. The Labute approximate surface area is 174 Å². The smallest absolute Gasteiger partial charge is 0.410 e. The quantitative estimate of drug-likeness (QED) is 0.538. The summed E-state index contributed by atoms with van der Waals surface area (Å²) in [7, 11) is -0.250. The van der Waals surface area contributed by atoms with Crippen molar-refractivity contribution < 1.29 is 18.8 Å². The number of imidazole rings is 1. The van der Waals surface area contributed by atoms with Gasteiger partial charge in [0.25, 0.3) is 5.91 Å². The van der Waals surface area contributed by atoms with Crippen molar-refractivity contribution in [3.63, 3.8) is 0 Å². The zero-order chi connectivity index (χ0) is 22.0. The lowest BCUT2D eigenvalue weighted by atomic mass is 10.1. The van der Waals surface area contributed by atoms with Crippen LogP contribution in [0.2, 0.25) is 18.1 Å². The number of aryl methyl sites for hydroxylation is 1. The van der Waals surface area contributed by atoms with E-state index in [0.717, 1.165) is 0 Å². The summed E-state index contributed by atoms with van der Waals surface area (Å²) in [5, 5.41) is 0.0800. The van der Waals surface area contributed by atoms with E-state index in [1.165, 1.54) is 0 Å². The Morgan fingerprint density at radius 3 is 2.59 bits per heavy atom. The summed E-state index contributed by atoms with van der Waals surface area (Å²) in [5.74, 6) is -0.376. The number of rotatable bonds is 7. The third-order valence-electron chi connectivity index (χ3n) is 5.79. The molecule has 0 bridgehead atoms. The van der Waals surface area contributed by atoms with Crippen molar-refractivity contribution in [2.75, 3.05) is 13.2 Å². The molecule has 1 fully saturated rings. The fourth-order valence-electron chi connectivity index (χ4n) is 3.28. The van der Waals surface area contributed by atoms with E-state index < -0.39 is 14.2 Å². The van der Waals surface area contributed by atoms with Crippen LogP contribution in [0, 0.1) is 0 Å². The number of primary amides is 1. The maximum absolute atomic E-state index is 12.6. The minimum atomic E-state index is -1.98. The van der Waals surface area contributed by atoms with Crippen LogP contribution in [-0.4, -0.2) is 60.1 Å². The molecule has 0 aromatic carbocycles.